The second-order valence-corrected chi connectivity index (χ2v) is 2.93. The van der Waals surface area contributed by atoms with E-state index in [2.05, 4.69) is 0 Å². The predicted octanol–water partition coefficient (Wildman–Crippen LogP) is 4.83. The highest BCUT2D eigenvalue weighted by Crippen LogP contribution is 2.36. The summed E-state index contributed by atoms with van der Waals surface area (Å²) >= 11 is 5.19. The van der Waals surface area contributed by atoms with Gasteiger partial charge in [-0.25, -0.2) is 4.39 Å². The zero-order valence-corrected chi connectivity index (χ0v) is 9.30. The van der Waals surface area contributed by atoms with Crippen molar-refractivity contribution in [3.05, 3.63) is 34.1 Å². The van der Waals surface area contributed by atoms with Crippen LogP contribution in [0.4, 0.5) is 17.6 Å². The molecule has 5 heteroatoms. The number of aryl methyl sites for hydroxylation is 1. The van der Waals surface area contributed by atoms with Gasteiger partial charge >= 0.3 is 6.18 Å². The second kappa shape index (κ2) is 5.35. The molecule has 1 rings (SSSR count). The topological polar surface area (TPSA) is 0 Å². The van der Waals surface area contributed by atoms with Gasteiger partial charge in [0, 0.05) is 0 Å². The third kappa shape index (κ3) is 3.38. The summed E-state index contributed by atoms with van der Waals surface area (Å²) < 4.78 is 49.2. The molecule has 0 heterocycles. The molecule has 0 aliphatic carbocycles. The molecule has 0 unspecified atom stereocenters. The van der Waals surface area contributed by atoms with E-state index in [9.17, 15) is 17.6 Å². The van der Waals surface area contributed by atoms with Gasteiger partial charge in [0.25, 0.3) is 0 Å². The molecule has 0 radical (unpaired) electrons. The Balaban J connectivity index is 0.000000921. The van der Waals surface area contributed by atoms with Crippen molar-refractivity contribution >= 4 is 11.6 Å². The van der Waals surface area contributed by atoms with Gasteiger partial charge in [-0.15, -0.1) is 0 Å². The summed E-state index contributed by atoms with van der Waals surface area (Å²) in [6.45, 7) is 5.35. The molecule has 0 bridgehead atoms. The summed E-state index contributed by atoms with van der Waals surface area (Å²) in [7, 11) is 0. The van der Waals surface area contributed by atoms with Crippen LogP contribution in [0.1, 0.15) is 25.0 Å². The van der Waals surface area contributed by atoms with Gasteiger partial charge in [-0.1, -0.05) is 31.5 Å². The molecule has 0 aliphatic heterocycles. The lowest BCUT2D eigenvalue weighted by Gasteiger charge is -2.09. The Kier molecular flexibility index (Phi) is 5.08. The standard InChI is InChI=1S/C8H5ClF4.C2H6/c1-4-2-3-5(8(11,12)13)6(9)7(4)10;1-2/h2-3H,1H3;1-2H3. The van der Waals surface area contributed by atoms with Crippen molar-refractivity contribution in [1.82, 2.24) is 0 Å². The normalized spacial score (nSPS) is 10.7. The van der Waals surface area contributed by atoms with Crippen LogP contribution >= 0.6 is 11.6 Å². The first kappa shape index (κ1) is 14.2. The number of rotatable bonds is 0. The third-order valence-electron chi connectivity index (χ3n) is 1.58. The molecule has 0 amide bonds. The Hall–Kier alpha value is -0.770. The molecule has 1 aromatic carbocycles. The fourth-order valence-corrected chi connectivity index (χ4v) is 1.18. The van der Waals surface area contributed by atoms with E-state index in [-0.39, 0.29) is 5.56 Å². The van der Waals surface area contributed by atoms with Gasteiger partial charge in [0.15, 0.2) is 0 Å². The zero-order valence-electron chi connectivity index (χ0n) is 8.54. The summed E-state index contributed by atoms with van der Waals surface area (Å²) in [4.78, 5) is 0. The fourth-order valence-electron chi connectivity index (χ4n) is 0.865. The van der Waals surface area contributed by atoms with Crippen LogP contribution in [0.3, 0.4) is 0 Å². The van der Waals surface area contributed by atoms with Gasteiger partial charge in [-0.05, 0) is 18.6 Å². The lowest BCUT2D eigenvalue weighted by molar-refractivity contribution is -0.137. The van der Waals surface area contributed by atoms with Gasteiger partial charge in [0.2, 0.25) is 0 Å². The van der Waals surface area contributed by atoms with Gasteiger partial charge in [-0.2, -0.15) is 13.2 Å². The average molecular weight is 243 g/mol. The van der Waals surface area contributed by atoms with Crippen LogP contribution in [-0.4, -0.2) is 0 Å². The van der Waals surface area contributed by atoms with Gasteiger partial charge in [0.1, 0.15) is 5.82 Å². The molecule has 0 aromatic heterocycles. The number of halogens is 5. The molecule has 0 spiro atoms. The van der Waals surface area contributed by atoms with Crippen molar-refractivity contribution in [3.63, 3.8) is 0 Å². The first-order valence-electron chi connectivity index (χ1n) is 4.36. The van der Waals surface area contributed by atoms with E-state index in [1.807, 2.05) is 13.8 Å². The van der Waals surface area contributed by atoms with Crippen molar-refractivity contribution in [1.29, 1.82) is 0 Å². The Morgan fingerprint density at radius 1 is 1.13 bits per heavy atom. The van der Waals surface area contributed by atoms with Crippen molar-refractivity contribution in [3.8, 4) is 0 Å². The summed E-state index contributed by atoms with van der Waals surface area (Å²) in [6, 6.07) is 1.81. The van der Waals surface area contributed by atoms with E-state index in [0.29, 0.717) is 0 Å². The third-order valence-corrected chi connectivity index (χ3v) is 1.95. The monoisotopic (exact) mass is 242 g/mol. The molecular formula is C10H11ClF4. The summed E-state index contributed by atoms with van der Waals surface area (Å²) in [5.74, 6) is -1.02. The maximum atomic E-state index is 12.9. The van der Waals surface area contributed by atoms with Crippen molar-refractivity contribution in [2.45, 2.75) is 26.9 Å². The zero-order chi connectivity index (χ0) is 12.2. The Labute approximate surface area is 90.9 Å². The number of hydrogen-bond donors (Lipinski definition) is 0. The van der Waals surface area contributed by atoms with Crippen LogP contribution in [0.5, 0.6) is 0 Å². The van der Waals surface area contributed by atoms with E-state index in [1.165, 1.54) is 6.92 Å². The van der Waals surface area contributed by atoms with Crippen LogP contribution in [0.2, 0.25) is 5.02 Å². The molecule has 15 heavy (non-hydrogen) atoms. The maximum absolute atomic E-state index is 12.9. The van der Waals surface area contributed by atoms with Gasteiger partial charge in [-0.3, -0.25) is 0 Å². The van der Waals surface area contributed by atoms with Crippen LogP contribution in [0, 0.1) is 12.7 Å². The molecule has 0 saturated heterocycles. The Morgan fingerprint density at radius 3 is 2.00 bits per heavy atom. The molecule has 0 nitrogen and oxygen atoms in total. The molecule has 86 valence electrons. The molecule has 0 atom stereocenters. The van der Waals surface area contributed by atoms with Gasteiger partial charge < -0.3 is 0 Å². The van der Waals surface area contributed by atoms with Crippen LogP contribution in [-0.2, 0) is 6.18 Å². The SMILES string of the molecule is CC.Cc1ccc(C(F)(F)F)c(Cl)c1F. The summed E-state index contributed by atoms with van der Waals surface area (Å²) in [6.07, 6.45) is -4.61. The van der Waals surface area contributed by atoms with Crippen LogP contribution in [0.15, 0.2) is 12.1 Å². The Bertz CT molecular complexity index is 331. The molecule has 0 aliphatic rings. The Morgan fingerprint density at radius 2 is 1.60 bits per heavy atom. The summed E-state index contributed by atoms with van der Waals surface area (Å²) in [5, 5.41) is -0.868. The molecular weight excluding hydrogens is 232 g/mol. The van der Waals surface area contributed by atoms with E-state index >= 15 is 0 Å². The van der Waals surface area contributed by atoms with E-state index in [0.717, 1.165) is 12.1 Å². The van der Waals surface area contributed by atoms with Crippen molar-refractivity contribution in [2.75, 3.05) is 0 Å². The minimum atomic E-state index is -4.61. The number of hydrogen-bond acceptors (Lipinski definition) is 0. The first-order valence-corrected chi connectivity index (χ1v) is 4.73. The highest BCUT2D eigenvalue weighted by atomic mass is 35.5. The van der Waals surface area contributed by atoms with Crippen molar-refractivity contribution < 1.29 is 17.6 Å². The smallest absolute Gasteiger partial charge is 0.205 e. The molecule has 1 aromatic rings. The first-order chi connectivity index (χ1) is 6.84. The number of alkyl halides is 3. The second-order valence-electron chi connectivity index (χ2n) is 2.56. The fraction of sp³-hybridized carbons (Fsp3) is 0.400. The number of benzene rings is 1. The van der Waals surface area contributed by atoms with Crippen LogP contribution in [0.25, 0.3) is 0 Å². The van der Waals surface area contributed by atoms with Crippen LogP contribution < -0.4 is 0 Å². The lowest BCUT2D eigenvalue weighted by Crippen LogP contribution is -2.07. The van der Waals surface area contributed by atoms with E-state index < -0.39 is 22.6 Å². The minimum Gasteiger partial charge on any atom is -0.205 e. The average Bonchev–Trinajstić information content (AvgIpc) is 2.15. The van der Waals surface area contributed by atoms with E-state index in [1.54, 1.807) is 0 Å². The molecule has 0 N–H and O–H groups in total. The quantitative estimate of drug-likeness (QED) is 0.572. The molecule has 0 fully saturated rings. The minimum absolute atomic E-state index is 0.0954. The maximum Gasteiger partial charge on any atom is 0.417 e. The van der Waals surface area contributed by atoms with E-state index in [4.69, 9.17) is 11.6 Å². The van der Waals surface area contributed by atoms with Gasteiger partial charge in [0.05, 0.1) is 10.6 Å². The highest BCUT2D eigenvalue weighted by molar-refractivity contribution is 6.31. The molecule has 0 saturated carbocycles. The lowest BCUT2D eigenvalue weighted by atomic mass is 10.1. The highest BCUT2D eigenvalue weighted by Gasteiger charge is 2.34. The largest absolute Gasteiger partial charge is 0.417 e. The van der Waals surface area contributed by atoms with Crippen molar-refractivity contribution in [2.24, 2.45) is 0 Å². The predicted molar refractivity (Wildman–Crippen MR) is 52.5 cm³/mol. The summed E-state index contributed by atoms with van der Waals surface area (Å²) in [5.41, 5.74) is -1.05.